The fraction of sp³-hybridized carbons (Fsp3) is 0.643. The van der Waals surface area contributed by atoms with Crippen LogP contribution in [0.25, 0.3) is 0 Å². The van der Waals surface area contributed by atoms with Crippen molar-refractivity contribution in [1.29, 1.82) is 0 Å². The molecule has 0 radical (unpaired) electrons. The van der Waals surface area contributed by atoms with Gasteiger partial charge in [-0.15, -0.1) is 0 Å². The van der Waals surface area contributed by atoms with Crippen LogP contribution in [0.1, 0.15) is 45.6 Å². The van der Waals surface area contributed by atoms with Gasteiger partial charge in [-0.2, -0.15) is 0 Å². The van der Waals surface area contributed by atoms with Gasteiger partial charge in [-0.05, 0) is 62.0 Å². The number of nitrogens with zero attached hydrogens (tertiary/aromatic N) is 1. The topological polar surface area (TPSA) is 34.2 Å². The van der Waals surface area contributed by atoms with Gasteiger partial charge < -0.3 is 10.1 Å². The normalized spacial score (nSPS) is 16.4. The molecule has 1 saturated carbocycles. The van der Waals surface area contributed by atoms with Crippen LogP contribution in [0.2, 0.25) is 0 Å². The van der Waals surface area contributed by atoms with Crippen LogP contribution in [0.4, 0.5) is 0 Å². The highest BCUT2D eigenvalue weighted by Crippen LogP contribution is 2.27. The fourth-order valence-corrected chi connectivity index (χ4v) is 2.09. The highest BCUT2D eigenvalue weighted by Gasteiger charge is 2.21. The minimum absolute atomic E-state index is 0.0933. The molecule has 0 spiro atoms. The average molecular weight is 313 g/mol. The van der Waals surface area contributed by atoms with Crippen molar-refractivity contribution < 1.29 is 4.74 Å². The van der Waals surface area contributed by atoms with Gasteiger partial charge in [0.05, 0.1) is 0 Å². The fourth-order valence-electron chi connectivity index (χ4n) is 1.71. The van der Waals surface area contributed by atoms with Crippen LogP contribution in [0.5, 0.6) is 5.88 Å². The van der Waals surface area contributed by atoms with Crippen molar-refractivity contribution in [2.75, 3.05) is 0 Å². The van der Waals surface area contributed by atoms with Crippen molar-refractivity contribution in [3.63, 3.8) is 0 Å². The highest BCUT2D eigenvalue weighted by atomic mass is 79.9. The van der Waals surface area contributed by atoms with E-state index in [1.807, 2.05) is 0 Å². The number of rotatable bonds is 4. The first-order valence-electron chi connectivity index (χ1n) is 6.50. The Balaban J connectivity index is 2.07. The monoisotopic (exact) mass is 312 g/mol. The van der Waals surface area contributed by atoms with Gasteiger partial charge >= 0.3 is 0 Å². The van der Waals surface area contributed by atoms with E-state index in [-0.39, 0.29) is 5.54 Å². The molecule has 1 aromatic rings. The summed E-state index contributed by atoms with van der Waals surface area (Å²) in [7, 11) is 0. The van der Waals surface area contributed by atoms with Crippen LogP contribution in [0, 0.1) is 0 Å². The first-order valence-corrected chi connectivity index (χ1v) is 7.29. The molecule has 3 nitrogen and oxygen atoms in total. The minimum atomic E-state index is 0.0933. The van der Waals surface area contributed by atoms with E-state index in [0.29, 0.717) is 6.10 Å². The zero-order valence-corrected chi connectivity index (χ0v) is 12.9. The molecular weight excluding hydrogens is 292 g/mol. The summed E-state index contributed by atoms with van der Waals surface area (Å²) < 4.78 is 6.92. The smallest absolute Gasteiger partial charge is 0.218 e. The van der Waals surface area contributed by atoms with E-state index < -0.39 is 0 Å². The lowest BCUT2D eigenvalue weighted by Crippen LogP contribution is -2.35. The van der Waals surface area contributed by atoms with Crippen molar-refractivity contribution in [3.8, 4) is 5.88 Å². The zero-order chi connectivity index (χ0) is 13.2. The van der Waals surface area contributed by atoms with Gasteiger partial charge in [-0.25, -0.2) is 4.98 Å². The van der Waals surface area contributed by atoms with E-state index in [4.69, 9.17) is 4.74 Å². The third-order valence-corrected chi connectivity index (χ3v) is 3.47. The maximum absolute atomic E-state index is 5.93. The highest BCUT2D eigenvalue weighted by molar-refractivity contribution is 9.10. The van der Waals surface area contributed by atoms with E-state index in [9.17, 15) is 0 Å². The predicted octanol–water partition coefficient (Wildman–Crippen LogP) is 3.66. The first kappa shape index (κ1) is 13.8. The number of hydrogen-bond acceptors (Lipinski definition) is 3. The number of pyridine rings is 1. The number of hydrogen-bond donors (Lipinski definition) is 1. The van der Waals surface area contributed by atoms with Gasteiger partial charge in [0, 0.05) is 28.3 Å². The summed E-state index contributed by atoms with van der Waals surface area (Å²) in [6.07, 6.45) is 5.76. The molecule has 2 rings (SSSR count). The van der Waals surface area contributed by atoms with Gasteiger partial charge in [0.15, 0.2) is 0 Å². The molecule has 0 atom stereocenters. The molecule has 1 fully saturated rings. The molecule has 0 bridgehead atoms. The Labute approximate surface area is 117 Å². The summed E-state index contributed by atoms with van der Waals surface area (Å²) in [6, 6.07) is 2.08. The van der Waals surface area contributed by atoms with Gasteiger partial charge in [0.1, 0.15) is 6.10 Å². The van der Waals surface area contributed by atoms with Crippen molar-refractivity contribution in [2.24, 2.45) is 0 Å². The third-order valence-electron chi connectivity index (χ3n) is 3.03. The SMILES string of the molecule is CC(C)(C)NCc1cc(Br)cnc1OC1CCC1. The predicted molar refractivity (Wildman–Crippen MR) is 76.8 cm³/mol. The Morgan fingerprint density at radius 2 is 2.17 bits per heavy atom. The van der Waals surface area contributed by atoms with Crippen molar-refractivity contribution in [1.82, 2.24) is 10.3 Å². The number of halogens is 1. The second kappa shape index (κ2) is 5.57. The summed E-state index contributed by atoms with van der Waals surface area (Å²) in [6.45, 7) is 7.25. The molecule has 0 unspecified atom stereocenters. The van der Waals surface area contributed by atoms with Gasteiger partial charge in [-0.3, -0.25) is 0 Å². The summed E-state index contributed by atoms with van der Waals surface area (Å²) in [5.41, 5.74) is 1.21. The summed E-state index contributed by atoms with van der Waals surface area (Å²) in [5, 5.41) is 3.47. The maximum Gasteiger partial charge on any atom is 0.218 e. The third kappa shape index (κ3) is 3.95. The first-order chi connectivity index (χ1) is 8.44. The molecule has 18 heavy (non-hydrogen) atoms. The van der Waals surface area contributed by atoms with Crippen molar-refractivity contribution in [2.45, 2.75) is 58.2 Å². The molecule has 0 amide bonds. The van der Waals surface area contributed by atoms with Crippen LogP contribution < -0.4 is 10.1 Å². The molecule has 1 heterocycles. The largest absolute Gasteiger partial charge is 0.474 e. The lowest BCUT2D eigenvalue weighted by atomic mass is 9.96. The number of nitrogens with one attached hydrogen (secondary N) is 1. The second-order valence-corrected chi connectivity index (χ2v) is 6.81. The molecular formula is C14H21BrN2O. The number of ether oxygens (including phenoxy) is 1. The zero-order valence-electron chi connectivity index (χ0n) is 11.3. The Hall–Kier alpha value is -0.610. The van der Waals surface area contributed by atoms with Crippen molar-refractivity contribution >= 4 is 15.9 Å². The molecule has 0 aromatic carbocycles. The molecule has 4 heteroatoms. The lowest BCUT2D eigenvalue weighted by molar-refractivity contribution is 0.113. The van der Waals surface area contributed by atoms with E-state index in [2.05, 4.69) is 53.1 Å². The van der Waals surface area contributed by atoms with Crippen LogP contribution in [0.3, 0.4) is 0 Å². The second-order valence-electron chi connectivity index (χ2n) is 5.89. The summed E-state index contributed by atoms with van der Waals surface area (Å²) in [4.78, 5) is 4.39. The molecule has 100 valence electrons. The van der Waals surface area contributed by atoms with Gasteiger partial charge in [-0.1, -0.05) is 0 Å². The Morgan fingerprint density at radius 1 is 1.44 bits per heavy atom. The number of aromatic nitrogens is 1. The molecule has 1 aliphatic rings. The molecule has 1 N–H and O–H groups in total. The Bertz CT molecular complexity index is 411. The van der Waals surface area contributed by atoms with E-state index in [1.54, 1.807) is 6.20 Å². The van der Waals surface area contributed by atoms with E-state index in [1.165, 1.54) is 6.42 Å². The quantitative estimate of drug-likeness (QED) is 0.921. The lowest BCUT2D eigenvalue weighted by Gasteiger charge is -2.27. The Kier molecular flexibility index (Phi) is 4.28. The van der Waals surface area contributed by atoms with Gasteiger partial charge in [0.25, 0.3) is 0 Å². The van der Waals surface area contributed by atoms with E-state index in [0.717, 1.165) is 35.3 Å². The average Bonchev–Trinajstić information content (AvgIpc) is 2.21. The Morgan fingerprint density at radius 3 is 2.72 bits per heavy atom. The maximum atomic E-state index is 5.93. The van der Waals surface area contributed by atoms with Crippen LogP contribution in [0.15, 0.2) is 16.7 Å². The summed E-state index contributed by atoms with van der Waals surface area (Å²) in [5.74, 6) is 0.777. The minimum Gasteiger partial charge on any atom is -0.474 e. The van der Waals surface area contributed by atoms with Crippen molar-refractivity contribution in [3.05, 3.63) is 22.3 Å². The summed E-state index contributed by atoms with van der Waals surface area (Å²) >= 11 is 3.47. The van der Waals surface area contributed by atoms with E-state index >= 15 is 0 Å². The molecule has 1 aliphatic carbocycles. The van der Waals surface area contributed by atoms with Crippen LogP contribution in [-0.2, 0) is 6.54 Å². The molecule has 0 aliphatic heterocycles. The van der Waals surface area contributed by atoms with Crippen LogP contribution >= 0.6 is 15.9 Å². The standard InChI is InChI=1S/C14H21BrN2O/c1-14(2,3)17-8-10-7-11(15)9-16-13(10)18-12-5-4-6-12/h7,9,12,17H,4-6,8H2,1-3H3. The molecule has 0 saturated heterocycles. The van der Waals surface area contributed by atoms with Crippen LogP contribution in [-0.4, -0.2) is 16.6 Å². The van der Waals surface area contributed by atoms with Gasteiger partial charge in [0.2, 0.25) is 5.88 Å². The molecule has 1 aromatic heterocycles.